The number of carbonyl (C=O) groups excluding carboxylic acids is 1. The molecule has 28 heavy (non-hydrogen) atoms. The number of methoxy groups -OCH3 is 1. The highest BCUT2D eigenvalue weighted by atomic mass is 35.5. The van der Waals surface area contributed by atoms with Crippen LogP contribution in [0.5, 0.6) is 11.5 Å². The zero-order valence-electron chi connectivity index (χ0n) is 16.2. The van der Waals surface area contributed by atoms with E-state index in [1.54, 1.807) is 19.2 Å². The van der Waals surface area contributed by atoms with E-state index in [0.717, 1.165) is 49.9 Å². The van der Waals surface area contributed by atoms with Crippen molar-refractivity contribution in [1.29, 1.82) is 0 Å². The molecule has 0 atom stereocenters. The SMILES string of the molecule is COc1ccc(OCC[NH+]2CC[NH+](CC(=O)Nc3ccc(Cl)cc3)CC2)cc1. The van der Waals surface area contributed by atoms with Gasteiger partial charge in [0.25, 0.3) is 5.91 Å². The minimum absolute atomic E-state index is 0.0450. The highest BCUT2D eigenvalue weighted by Crippen LogP contribution is 2.16. The molecule has 3 rings (SSSR count). The number of nitrogens with one attached hydrogen (secondary N) is 3. The van der Waals surface area contributed by atoms with E-state index in [0.29, 0.717) is 18.2 Å². The second-order valence-electron chi connectivity index (χ2n) is 7.01. The van der Waals surface area contributed by atoms with Crippen molar-refractivity contribution in [3.63, 3.8) is 0 Å². The summed E-state index contributed by atoms with van der Waals surface area (Å²) in [4.78, 5) is 15.1. The van der Waals surface area contributed by atoms with Gasteiger partial charge in [0.2, 0.25) is 0 Å². The topological polar surface area (TPSA) is 56.4 Å². The van der Waals surface area contributed by atoms with E-state index in [4.69, 9.17) is 21.1 Å². The van der Waals surface area contributed by atoms with Crippen LogP contribution < -0.4 is 24.6 Å². The van der Waals surface area contributed by atoms with Crippen molar-refractivity contribution in [2.45, 2.75) is 0 Å². The summed E-state index contributed by atoms with van der Waals surface area (Å²) in [6.07, 6.45) is 0. The third-order valence-corrected chi connectivity index (χ3v) is 5.24. The second-order valence-corrected chi connectivity index (χ2v) is 7.44. The van der Waals surface area contributed by atoms with Crippen molar-refractivity contribution in [2.24, 2.45) is 0 Å². The maximum absolute atomic E-state index is 12.2. The summed E-state index contributed by atoms with van der Waals surface area (Å²) < 4.78 is 11.0. The largest absolute Gasteiger partial charge is 0.497 e. The molecule has 150 valence electrons. The molecule has 0 spiro atoms. The Morgan fingerprint density at radius 2 is 1.57 bits per heavy atom. The van der Waals surface area contributed by atoms with Crippen LogP contribution in [0.25, 0.3) is 0 Å². The number of quaternary nitrogens is 2. The van der Waals surface area contributed by atoms with Crippen LogP contribution in [0.3, 0.4) is 0 Å². The molecule has 6 nitrogen and oxygen atoms in total. The predicted molar refractivity (Wildman–Crippen MR) is 110 cm³/mol. The number of amides is 1. The fourth-order valence-corrected chi connectivity index (χ4v) is 3.46. The van der Waals surface area contributed by atoms with Gasteiger partial charge in [0.15, 0.2) is 6.54 Å². The highest BCUT2D eigenvalue weighted by Gasteiger charge is 2.24. The number of ether oxygens (including phenoxy) is 2. The number of benzene rings is 2. The van der Waals surface area contributed by atoms with Gasteiger partial charge in [-0.25, -0.2) is 0 Å². The average Bonchev–Trinajstić information content (AvgIpc) is 2.71. The number of rotatable bonds is 8. The Labute approximate surface area is 171 Å². The quantitative estimate of drug-likeness (QED) is 0.586. The lowest BCUT2D eigenvalue weighted by atomic mass is 10.3. The number of halogens is 1. The zero-order valence-corrected chi connectivity index (χ0v) is 16.9. The first-order chi connectivity index (χ1) is 13.6. The van der Waals surface area contributed by atoms with Crippen LogP contribution in [0.1, 0.15) is 0 Å². The maximum atomic E-state index is 12.2. The van der Waals surface area contributed by atoms with Gasteiger partial charge in [-0.15, -0.1) is 0 Å². The first-order valence-corrected chi connectivity index (χ1v) is 9.99. The molecule has 2 aromatic carbocycles. The lowest BCUT2D eigenvalue weighted by molar-refractivity contribution is -1.01. The number of anilines is 1. The van der Waals surface area contributed by atoms with Gasteiger partial charge in [0.1, 0.15) is 50.8 Å². The summed E-state index contributed by atoms with van der Waals surface area (Å²) in [5.74, 6) is 1.74. The van der Waals surface area contributed by atoms with E-state index in [-0.39, 0.29) is 5.91 Å². The number of hydrogen-bond donors (Lipinski definition) is 3. The van der Waals surface area contributed by atoms with Gasteiger partial charge in [-0.1, -0.05) is 11.6 Å². The van der Waals surface area contributed by atoms with Gasteiger partial charge in [-0.3, -0.25) is 4.79 Å². The van der Waals surface area contributed by atoms with E-state index in [2.05, 4.69) is 5.32 Å². The van der Waals surface area contributed by atoms with Crippen LogP contribution in [0.2, 0.25) is 5.02 Å². The van der Waals surface area contributed by atoms with Crippen LogP contribution in [0.4, 0.5) is 5.69 Å². The van der Waals surface area contributed by atoms with Gasteiger partial charge in [-0.05, 0) is 48.5 Å². The van der Waals surface area contributed by atoms with Crippen LogP contribution in [0.15, 0.2) is 48.5 Å². The molecule has 0 aromatic heterocycles. The first-order valence-electron chi connectivity index (χ1n) is 9.62. The Kier molecular flexibility index (Phi) is 7.54. The van der Waals surface area contributed by atoms with Crippen LogP contribution in [-0.2, 0) is 4.79 Å². The summed E-state index contributed by atoms with van der Waals surface area (Å²) in [6.45, 7) is 6.24. The number of carbonyl (C=O) groups is 1. The second kappa shape index (κ2) is 10.3. The first kappa shape index (κ1) is 20.5. The third kappa shape index (κ3) is 6.41. The summed E-state index contributed by atoms with van der Waals surface area (Å²) in [5.41, 5.74) is 0.786. The normalized spacial score (nSPS) is 19.1. The number of piperazine rings is 1. The van der Waals surface area contributed by atoms with Gasteiger partial charge >= 0.3 is 0 Å². The van der Waals surface area contributed by atoms with Gasteiger partial charge in [0.05, 0.1) is 7.11 Å². The smallest absolute Gasteiger partial charge is 0.279 e. The molecular formula is C21H28ClN3O3+2. The molecule has 7 heteroatoms. The molecule has 1 aliphatic heterocycles. The molecule has 1 heterocycles. The molecule has 1 amide bonds. The highest BCUT2D eigenvalue weighted by molar-refractivity contribution is 6.30. The summed E-state index contributed by atoms with van der Waals surface area (Å²) in [6, 6.07) is 14.9. The molecule has 3 N–H and O–H groups in total. The van der Waals surface area contributed by atoms with E-state index < -0.39 is 0 Å². The predicted octanol–water partition coefficient (Wildman–Crippen LogP) is 0.150. The minimum Gasteiger partial charge on any atom is -0.497 e. The minimum atomic E-state index is 0.0450. The van der Waals surface area contributed by atoms with Crippen molar-refractivity contribution >= 4 is 23.2 Å². The molecule has 1 aliphatic rings. The van der Waals surface area contributed by atoms with E-state index in [1.165, 1.54) is 9.80 Å². The summed E-state index contributed by atoms with van der Waals surface area (Å²) in [7, 11) is 1.65. The van der Waals surface area contributed by atoms with Crippen LogP contribution in [-0.4, -0.2) is 58.9 Å². The number of hydrogen-bond acceptors (Lipinski definition) is 3. The van der Waals surface area contributed by atoms with Crippen molar-refractivity contribution in [2.75, 3.05) is 58.3 Å². The maximum Gasteiger partial charge on any atom is 0.279 e. The van der Waals surface area contributed by atoms with Crippen molar-refractivity contribution < 1.29 is 24.1 Å². The molecular weight excluding hydrogens is 378 g/mol. The lowest BCUT2D eigenvalue weighted by Gasteiger charge is -2.29. The Morgan fingerprint density at radius 1 is 0.964 bits per heavy atom. The van der Waals surface area contributed by atoms with Crippen molar-refractivity contribution in [3.05, 3.63) is 53.6 Å². The van der Waals surface area contributed by atoms with E-state index in [9.17, 15) is 4.79 Å². The molecule has 1 saturated heterocycles. The monoisotopic (exact) mass is 405 g/mol. The summed E-state index contributed by atoms with van der Waals surface area (Å²) in [5, 5.41) is 3.60. The molecule has 0 saturated carbocycles. The van der Waals surface area contributed by atoms with Crippen LogP contribution in [0, 0.1) is 0 Å². The van der Waals surface area contributed by atoms with Crippen molar-refractivity contribution in [3.8, 4) is 11.5 Å². The lowest BCUT2D eigenvalue weighted by Crippen LogP contribution is -3.28. The van der Waals surface area contributed by atoms with Crippen LogP contribution >= 0.6 is 11.6 Å². The Hall–Kier alpha value is -2.28. The molecule has 0 radical (unpaired) electrons. The third-order valence-electron chi connectivity index (χ3n) is 4.99. The van der Waals surface area contributed by atoms with Gasteiger partial charge < -0.3 is 24.6 Å². The molecule has 0 aliphatic carbocycles. The fourth-order valence-electron chi connectivity index (χ4n) is 3.33. The molecule has 1 fully saturated rings. The van der Waals surface area contributed by atoms with E-state index in [1.807, 2.05) is 36.4 Å². The van der Waals surface area contributed by atoms with E-state index >= 15 is 0 Å². The molecule has 0 unspecified atom stereocenters. The Morgan fingerprint density at radius 3 is 2.21 bits per heavy atom. The fraction of sp³-hybridized carbons (Fsp3) is 0.381. The standard InChI is InChI=1S/C21H26ClN3O3/c1-27-19-6-8-20(9-7-19)28-15-14-24-10-12-25(13-11-24)16-21(26)23-18-4-2-17(22)3-5-18/h2-9H,10-16H2,1H3,(H,23,26)/p+2. The molecule has 0 bridgehead atoms. The van der Waals surface area contributed by atoms with Gasteiger partial charge in [0, 0.05) is 10.7 Å². The Bertz CT molecular complexity index is 744. The van der Waals surface area contributed by atoms with Crippen molar-refractivity contribution in [1.82, 2.24) is 0 Å². The summed E-state index contributed by atoms with van der Waals surface area (Å²) >= 11 is 5.87. The Balaban J connectivity index is 1.32. The average molecular weight is 406 g/mol. The molecule has 2 aromatic rings. The van der Waals surface area contributed by atoms with Gasteiger partial charge in [-0.2, -0.15) is 0 Å². The zero-order chi connectivity index (χ0) is 19.8.